The zero-order valence-electron chi connectivity index (χ0n) is 9.23. The van der Waals surface area contributed by atoms with Gasteiger partial charge < -0.3 is 0 Å². The van der Waals surface area contributed by atoms with E-state index in [1.54, 1.807) is 12.1 Å². The van der Waals surface area contributed by atoms with Crippen molar-refractivity contribution in [3.8, 4) is 0 Å². The molecule has 0 aromatic heterocycles. The van der Waals surface area contributed by atoms with Gasteiger partial charge in [0.1, 0.15) is 0 Å². The quantitative estimate of drug-likeness (QED) is 0.472. The molecule has 2 atom stereocenters. The van der Waals surface area contributed by atoms with E-state index in [-0.39, 0.29) is 10.6 Å². The molecule has 0 N–H and O–H groups in total. The Kier molecular flexibility index (Phi) is 4.05. The Morgan fingerprint density at radius 2 is 2.24 bits per heavy atom. The number of benzene rings is 1. The predicted octanol–water partition coefficient (Wildman–Crippen LogP) is 4.35. The van der Waals surface area contributed by atoms with E-state index < -0.39 is 0 Å². The molecule has 92 valence electrons. The van der Waals surface area contributed by atoms with Gasteiger partial charge >= 0.3 is 0 Å². The third kappa shape index (κ3) is 2.99. The molecule has 1 saturated carbocycles. The van der Waals surface area contributed by atoms with Gasteiger partial charge in [-0.25, -0.2) is 0 Å². The minimum atomic E-state index is -0.330. The van der Waals surface area contributed by atoms with Gasteiger partial charge in [0.05, 0.1) is 4.92 Å². The third-order valence-electron chi connectivity index (χ3n) is 3.29. The number of hydrogen-bond acceptors (Lipinski definition) is 2. The summed E-state index contributed by atoms with van der Waals surface area (Å²) in [6.45, 7) is 0. The average Bonchev–Trinajstić information content (AvgIpc) is 2.64. The fourth-order valence-electron chi connectivity index (χ4n) is 2.40. The second-order valence-corrected chi connectivity index (χ2v) is 6.05. The molecule has 0 heterocycles. The van der Waals surface area contributed by atoms with E-state index in [0.717, 1.165) is 24.8 Å². The molecule has 1 aliphatic rings. The minimum absolute atomic E-state index is 0.181. The lowest BCUT2D eigenvalue weighted by molar-refractivity contribution is -0.385. The highest BCUT2D eigenvalue weighted by molar-refractivity contribution is 9.09. The SMILES string of the molecule is O=[N+]([O-])c1ccc(Cl)cc1CC1CCCC1Br. The van der Waals surface area contributed by atoms with Crippen molar-refractivity contribution in [2.45, 2.75) is 30.5 Å². The molecule has 0 spiro atoms. The fourth-order valence-corrected chi connectivity index (χ4v) is 3.37. The summed E-state index contributed by atoms with van der Waals surface area (Å²) >= 11 is 9.55. The van der Waals surface area contributed by atoms with Crippen molar-refractivity contribution in [3.63, 3.8) is 0 Å². The Hall–Kier alpha value is -0.610. The molecule has 1 fully saturated rings. The summed E-state index contributed by atoms with van der Waals surface area (Å²) in [5.41, 5.74) is 0.930. The van der Waals surface area contributed by atoms with Gasteiger partial charge in [-0.1, -0.05) is 34.0 Å². The number of nitrogens with zero attached hydrogens (tertiary/aromatic N) is 1. The molecule has 17 heavy (non-hydrogen) atoms. The van der Waals surface area contributed by atoms with Gasteiger partial charge in [0.2, 0.25) is 0 Å². The van der Waals surface area contributed by atoms with Gasteiger partial charge in [0.25, 0.3) is 5.69 Å². The summed E-state index contributed by atoms with van der Waals surface area (Å²) in [6.07, 6.45) is 4.19. The highest BCUT2D eigenvalue weighted by Gasteiger charge is 2.27. The van der Waals surface area contributed by atoms with Crippen LogP contribution in [0.4, 0.5) is 5.69 Å². The monoisotopic (exact) mass is 317 g/mol. The van der Waals surface area contributed by atoms with Crippen LogP contribution >= 0.6 is 27.5 Å². The van der Waals surface area contributed by atoms with Crippen molar-refractivity contribution in [2.24, 2.45) is 5.92 Å². The number of halogens is 2. The molecule has 1 aromatic carbocycles. The fraction of sp³-hybridized carbons (Fsp3) is 0.500. The van der Waals surface area contributed by atoms with Crippen LogP contribution in [0.3, 0.4) is 0 Å². The van der Waals surface area contributed by atoms with Crippen LogP contribution < -0.4 is 0 Å². The Morgan fingerprint density at radius 3 is 2.82 bits per heavy atom. The first-order valence-electron chi connectivity index (χ1n) is 5.65. The largest absolute Gasteiger partial charge is 0.272 e. The van der Waals surface area contributed by atoms with Crippen LogP contribution in [0.5, 0.6) is 0 Å². The smallest absolute Gasteiger partial charge is 0.258 e. The standard InChI is InChI=1S/C12H13BrClNO2/c13-11-3-1-2-8(11)6-9-7-10(14)4-5-12(9)15(16)17/h4-5,7-8,11H,1-3,6H2. The Balaban J connectivity index is 2.24. The van der Waals surface area contributed by atoms with Crippen LogP contribution in [0.15, 0.2) is 18.2 Å². The van der Waals surface area contributed by atoms with Crippen molar-refractivity contribution in [2.75, 3.05) is 0 Å². The van der Waals surface area contributed by atoms with Crippen molar-refractivity contribution in [1.82, 2.24) is 0 Å². The summed E-state index contributed by atoms with van der Waals surface area (Å²) < 4.78 is 0. The zero-order valence-corrected chi connectivity index (χ0v) is 11.6. The first-order chi connectivity index (χ1) is 8.08. The van der Waals surface area contributed by atoms with Gasteiger partial charge in [0.15, 0.2) is 0 Å². The molecule has 1 aromatic rings. The number of hydrogen-bond donors (Lipinski definition) is 0. The molecule has 2 unspecified atom stereocenters. The number of nitro benzene ring substituents is 1. The third-order valence-corrected chi connectivity index (χ3v) is 4.73. The second-order valence-electron chi connectivity index (χ2n) is 4.44. The van der Waals surface area contributed by atoms with Crippen molar-refractivity contribution in [1.29, 1.82) is 0 Å². The molecule has 3 nitrogen and oxygen atoms in total. The summed E-state index contributed by atoms with van der Waals surface area (Å²) in [5, 5.41) is 11.5. The molecule has 0 saturated heterocycles. The maximum absolute atomic E-state index is 10.9. The maximum Gasteiger partial charge on any atom is 0.272 e. The van der Waals surface area contributed by atoms with E-state index in [1.165, 1.54) is 12.5 Å². The maximum atomic E-state index is 10.9. The van der Waals surface area contributed by atoms with Crippen LogP contribution in [0.25, 0.3) is 0 Å². The van der Waals surface area contributed by atoms with Gasteiger partial charge in [-0.05, 0) is 37.3 Å². The molecule has 1 aliphatic carbocycles. The second kappa shape index (κ2) is 5.36. The highest BCUT2D eigenvalue weighted by Crippen LogP contribution is 2.36. The average molecular weight is 319 g/mol. The molecular formula is C12H13BrClNO2. The number of rotatable bonds is 3. The Morgan fingerprint density at radius 1 is 1.47 bits per heavy atom. The predicted molar refractivity (Wildman–Crippen MR) is 71.9 cm³/mol. The molecule has 0 radical (unpaired) electrons. The van der Waals surface area contributed by atoms with Crippen molar-refractivity contribution < 1.29 is 4.92 Å². The van der Waals surface area contributed by atoms with E-state index in [0.29, 0.717) is 15.8 Å². The van der Waals surface area contributed by atoms with Crippen LogP contribution in [0.2, 0.25) is 5.02 Å². The first kappa shape index (κ1) is 12.8. The van der Waals surface area contributed by atoms with Gasteiger partial charge in [0, 0.05) is 21.5 Å². The highest BCUT2D eigenvalue weighted by atomic mass is 79.9. The summed E-state index contributed by atoms with van der Waals surface area (Å²) in [5.74, 6) is 0.479. The van der Waals surface area contributed by atoms with Gasteiger partial charge in [-0.15, -0.1) is 0 Å². The summed E-state index contributed by atoms with van der Waals surface area (Å²) in [6, 6.07) is 4.79. The number of nitro groups is 1. The molecule has 0 bridgehead atoms. The number of alkyl halides is 1. The van der Waals surface area contributed by atoms with E-state index in [1.807, 2.05) is 0 Å². The molecular weight excluding hydrogens is 305 g/mol. The van der Waals surface area contributed by atoms with E-state index >= 15 is 0 Å². The lowest BCUT2D eigenvalue weighted by Gasteiger charge is -2.13. The summed E-state index contributed by atoms with van der Waals surface area (Å²) in [7, 11) is 0. The molecule has 5 heteroatoms. The van der Waals surface area contributed by atoms with E-state index in [4.69, 9.17) is 11.6 Å². The minimum Gasteiger partial charge on any atom is -0.258 e. The van der Waals surface area contributed by atoms with E-state index in [9.17, 15) is 10.1 Å². The van der Waals surface area contributed by atoms with Gasteiger partial charge in [-0.2, -0.15) is 0 Å². The van der Waals surface area contributed by atoms with Crippen LogP contribution in [-0.2, 0) is 6.42 Å². The van der Waals surface area contributed by atoms with Gasteiger partial charge in [-0.3, -0.25) is 10.1 Å². The molecule has 0 aliphatic heterocycles. The topological polar surface area (TPSA) is 43.1 Å². The van der Waals surface area contributed by atoms with Crippen molar-refractivity contribution in [3.05, 3.63) is 38.9 Å². The lowest BCUT2D eigenvalue weighted by Crippen LogP contribution is -2.11. The molecule has 2 rings (SSSR count). The zero-order chi connectivity index (χ0) is 12.4. The Bertz CT molecular complexity index is 439. The molecule has 0 amide bonds. The van der Waals surface area contributed by atoms with Crippen LogP contribution in [0.1, 0.15) is 24.8 Å². The lowest BCUT2D eigenvalue weighted by atomic mass is 9.97. The van der Waals surface area contributed by atoms with E-state index in [2.05, 4.69) is 15.9 Å². The van der Waals surface area contributed by atoms with Crippen molar-refractivity contribution >= 4 is 33.2 Å². The summed E-state index contributed by atoms with van der Waals surface area (Å²) in [4.78, 5) is 11.1. The Labute approximate surface area is 113 Å². The normalized spacial score (nSPS) is 23.9. The van der Waals surface area contributed by atoms with Crippen LogP contribution in [0, 0.1) is 16.0 Å². The van der Waals surface area contributed by atoms with Crippen LogP contribution in [-0.4, -0.2) is 9.75 Å². The first-order valence-corrected chi connectivity index (χ1v) is 6.94.